The van der Waals surface area contributed by atoms with Gasteiger partial charge in [-0.05, 0) is 24.1 Å². The van der Waals surface area contributed by atoms with Crippen molar-refractivity contribution < 1.29 is 9.90 Å². The first-order valence-corrected chi connectivity index (χ1v) is 5.58. The number of carboxylic acid groups (broad SMARTS) is 1. The molecule has 3 N–H and O–H groups in total. The second-order valence-electron chi connectivity index (χ2n) is 3.53. The second kappa shape index (κ2) is 4.77. The Morgan fingerprint density at radius 1 is 1.47 bits per heavy atom. The molecule has 0 radical (unpaired) electrons. The van der Waals surface area contributed by atoms with Crippen molar-refractivity contribution in [2.45, 2.75) is 25.3 Å². The minimum atomic E-state index is -1.27. The summed E-state index contributed by atoms with van der Waals surface area (Å²) in [5.74, 6) is -0.980. The fraction of sp³-hybridized carbons (Fsp3) is 0.364. The highest BCUT2D eigenvalue weighted by Crippen LogP contribution is 2.25. The Kier molecular flexibility index (Phi) is 3.88. The molecule has 1 rings (SSSR count). The topological polar surface area (TPSA) is 63.3 Å². The van der Waals surface area contributed by atoms with Crippen LogP contribution in [0.15, 0.2) is 28.7 Å². The molecule has 3 nitrogen and oxygen atoms in total. The van der Waals surface area contributed by atoms with Crippen molar-refractivity contribution in [2.24, 2.45) is 5.73 Å². The maximum Gasteiger partial charge on any atom is 0.328 e. The molecule has 0 aliphatic carbocycles. The molecule has 0 bridgehead atoms. The lowest BCUT2D eigenvalue weighted by molar-refractivity contribution is -0.144. The van der Waals surface area contributed by atoms with E-state index in [-0.39, 0.29) is 0 Å². The largest absolute Gasteiger partial charge is 0.480 e. The molecular weight excluding hydrogens is 258 g/mol. The third kappa shape index (κ3) is 2.58. The average Bonchev–Trinajstić information content (AvgIpc) is 2.18. The van der Waals surface area contributed by atoms with Gasteiger partial charge >= 0.3 is 5.97 Å². The Balaban J connectivity index is 3.09. The van der Waals surface area contributed by atoms with Gasteiger partial charge in [-0.3, -0.25) is 0 Å². The van der Waals surface area contributed by atoms with Gasteiger partial charge < -0.3 is 10.8 Å². The van der Waals surface area contributed by atoms with Gasteiger partial charge in [-0.25, -0.2) is 4.79 Å². The van der Waals surface area contributed by atoms with Crippen LogP contribution in [0.1, 0.15) is 25.3 Å². The molecule has 0 saturated heterocycles. The molecule has 0 aliphatic rings. The Hall–Kier alpha value is -0.870. The number of halogens is 1. The Labute approximate surface area is 97.4 Å². The minimum absolute atomic E-state index is 0.434. The van der Waals surface area contributed by atoms with Crippen LogP contribution in [0.5, 0.6) is 0 Å². The number of aliphatic carboxylic acids is 1. The number of carbonyl (C=O) groups is 1. The molecule has 0 heterocycles. The smallest absolute Gasteiger partial charge is 0.328 e. The van der Waals surface area contributed by atoms with Crippen LogP contribution in [0, 0.1) is 0 Å². The fourth-order valence-corrected chi connectivity index (χ4v) is 1.78. The monoisotopic (exact) mass is 271 g/mol. The first kappa shape index (κ1) is 12.2. The molecule has 0 fully saturated rings. The quantitative estimate of drug-likeness (QED) is 0.885. The van der Waals surface area contributed by atoms with E-state index in [1.54, 1.807) is 24.3 Å². The van der Waals surface area contributed by atoms with E-state index in [1.165, 1.54) is 0 Å². The zero-order valence-electron chi connectivity index (χ0n) is 8.53. The first-order valence-electron chi connectivity index (χ1n) is 4.79. The molecular formula is C11H14BrNO2. The maximum atomic E-state index is 11.2. The lowest BCUT2D eigenvalue weighted by atomic mass is 9.87. The highest BCUT2D eigenvalue weighted by atomic mass is 79.9. The molecule has 1 unspecified atom stereocenters. The van der Waals surface area contributed by atoms with E-state index in [2.05, 4.69) is 15.9 Å². The third-order valence-electron chi connectivity index (χ3n) is 2.39. The van der Waals surface area contributed by atoms with Gasteiger partial charge in [0.15, 0.2) is 0 Å². The number of hydrogen-bond acceptors (Lipinski definition) is 2. The minimum Gasteiger partial charge on any atom is -0.480 e. The Morgan fingerprint density at radius 2 is 2.00 bits per heavy atom. The molecule has 15 heavy (non-hydrogen) atoms. The molecule has 0 aliphatic heterocycles. The third-order valence-corrected chi connectivity index (χ3v) is 2.91. The van der Waals surface area contributed by atoms with Crippen molar-refractivity contribution in [3.05, 3.63) is 34.3 Å². The summed E-state index contributed by atoms with van der Waals surface area (Å²) in [6.07, 6.45) is 1.17. The second-order valence-corrected chi connectivity index (χ2v) is 4.45. The van der Waals surface area contributed by atoms with Gasteiger partial charge in [0.25, 0.3) is 0 Å². The van der Waals surface area contributed by atoms with Gasteiger partial charge in [-0.2, -0.15) is 0 Å². The number of rotatable bonds is 4. The van der Waals surface area contributed by atoms with Crippen LogP contribution < -0.4 is 5.73 Å². The summed E-state index contributed by atoms with van der Waals surface area (Å²) in [5.41, 5.74) is 5.28. The van der Waals surface area contributed by atoms with Gasteiger partial charge in [0.1, 0.15) is 5.54 Å². The molecule has 1 aromatic rings. The van der Waals surface area contributed by atoms with Crippen LogP contribution in [0.4, 0.5) is 0 Å². The van der Waals surface area contributed by atoms with E-state index in [0.717, 1.165) is 10.9 Å². The highest BCUT2D eigenvalue weighted by molar-refractivity contribution is 9.10. The zero-order chi connectivity index (χ0) is 11.5. The summed E-state index contributed by atoms with van der Waals surface area (Å²) in [6.45, 7) is 1.92. The molecule has 82 valence electrons. The van der Waals surface area contributed by atoms with E-state index in [0.29, 0.717) is 12.0 Å². The molecule has 4 heteroatoms. The molecule has 1 aromatic carbocycles. The normalized spacial score (nSPS) is 14.6. The Bertz CT molecular complexity index is 350. The van der Waals surface area contributed by atoms with E-state index in [1.807, 2.05) is 6.92 Å². The summed E-state index contributed by atoms with van der Waals surface area (Å²) in [7, 11) is 0. The lowest BCUT2D eigenvalue weighted by Crippen LogP contribution is -2.44. The van der Waals surface area contributed by atoms with Crippen molar-refractivity contribution in [2.75, 3.05) is 0 Å². The van der Waals surface area contributed by atoms with Crippen LogP contribution in [-0.4, -0.2) is 11.1 Å². The van der Waals surface area contributed by atoms with Crippen molar-refractivity contribution in [1.29, 1.82) is 0 Å². The average molecular weight is 272 g/mol. The summed E-state index contributed by atoms with van der Waals surface area (Å²) in [6, 6.07) is 7.09. The molecule has 0 aromatic heterocycles. The van der Waals surface area contributed by atoms with Crippen LogP contribution in [0.3, 0.4) is 0 Å². The summed E-state index contributed by atoms with van der Waals surface area (Å²) >= 11 is 3.30. The van der Waals surface area contributed by atoms with E-state index < -0.39 is 11.5 Å². The number of nitrogens with two attached hydrogens (primary N) is 1. The van der Waals surface area contributed by atoms with Crippen LogP contribution >= 0.6 is 15.9 Å². The number of benzene rings is 1. The standard InChI is InChI=1S/C11H14BrNO2/c1-2-7-11(13,10(14)15)8-3-5-9(12)6-4-8/h3-6H,2,7,13H2,1H3,(H,14,15). The lowest BCUT2D eigenvalue weighted by Gasteiger charge is -2.24. The molecule has 1 atom stereocenters. The van der Waals surface area contributed by atoms with Gasteiger partial charge in [0.2, 0.25) is 0 Å². The van der Waals surface area contributed by atoms with Gasteiger partial charge in [-0.15, -0.1) is 0 Å². The number of carboxylic acids is 1. The maximum absolute atomic E-state index is 11.2. The van der Waals surface area contributed by atoms with Gasteiger partial charge in [0.05, 0.1) is 0 Å². The van der Waals surface area contributed by atoms with Gasteiger partial charge in [-0.1, -0.05) is 41.4 Å². The van der Waals surface area contributed by atoms with Gasteiger partial charge in [0, 0.05) is 4.47 Å². The predicted molar refractivity (Wildman–Crippen MR) is 62.6 cm³/mol. The molecule has 0 amide bonds. The van der Waals surface area contributed by atoms with Crippen LogP contribution in [0.25, 0.3) is 0 Å². The van der Waals surface area contributed by atoms with Crippen molar-refractivity contribution >= 4 is 21.9 Å². The van der Waals surface area contributed by atoms with Crippen molar-refractivity contribution in [3.63, 3.8) is 0 Å². The number of hydrogen-bond donors (Lipinski definition) is 2. The van der Waals surface area contributed by atoms with Crippen molar-refractivity contribution in [3.8, 4) is 0 Å². The Morgan fingerprint density at radius 3 is 2.40 bits per heavy atom. The summed E-state index contributed by atoms with van der Waals surface area (Å²) < 4.78 is 0.912. The van der Waals surface area contributed by atoms with E-state index in [9.17, 15) is 4.79 Å². The van der Waals surface area contributed by atoms with E-state index in [4.69, 9.17) is 10.8 Å². The molecule has 0 spiro atoms. The SMILES string of the molecule is CCCC(N)(C(=O)O)c1ccc(Br)cc1. The molecule has 0 saturated carbocycles. The summed E-state index contributed by atoms with van der Waals surface area (Å²) in [4.78, 5) is 11.2. The van der Waals surface area contributed by atoms with Crippen molar-refractivity contribution in [1.82, 2.24) is 0 Å². The first-order chi connectivity index (χ1) is 7.00. The fourth-order valence-electron chi connectivity index (χ4n) is 1.52. The zero-order valence-corrected chi connectivity index (χ0v) is 10.1. The predicted octanol–water partition coefficient (Wildman–Crippen LogP) is 2.49. The van der Waals surface area contributed by atoms with Crippen LogP contribution in [0.2, 0.25) is 0 Å². The summed E-state index contributed by atoms with van der Waals surface area (Å²) in [5, 5.41) is 9.15. The highest BCUT2D eigenvalue weighted by Gasteiger charge is 2.34. The van der Waals surface area contributed by atoms with E-state index >= 15 is 0 Å². The van der Waals surface area contributed by atoms with Crippen LogP contribution in [-0.2, 0) is 10.3 Å².